The zero-order chi connectivity index (χ0) is 17.2. The molecule has 25 heavy (non-hydrogen) atoms. The van der Waals surface area contributed by atoms with Gasteiger partial charge in [0.05, 0.1) is 5.92 Å². The number of carbonyl (C=O) groups is 1. The van der Waals surface area contributed by atoms with Crippen molar-refractivity contribution in [3.05, 3.63) is 96.2 Å². The third kappa shape index (κ3) is 2.92. The van der Waals surface area contributed by atoms with Gasteiger partial charge in [0.25, 0.3) is 0 Å². The summed E-state index contributed by atoms with van der Waals surface area (Å²) in [5.74, 6) is -0.809. The average molecular weight is 326 g/mol. The van der Waals surface area contributed by atoms with E-state index < -0.39 is 5.92 Å². The van der Waals surface area contributed by atoms with E-state index in [9.17, 15) is 4.79 Å². The Morgan fingerprint density at radius 2 is 1.48 bits per heavy atom. The van der Waals surface area contributed by atoms with Crippen LogP contribution < -0.4 is 5.73 Å². The van der Waals surface area contributed by atoms with Crippen LogP contribution in [0.1, 0.15) is 17.0 Å². The van der Waals surface area contributed by atoms with E-state index in [0.29, 0.717) is 0 Å². The molecule has 3 N–H and O–H groups in total. The van der Waals surface area contributed by atoms with E-state index in [4.69, 9.17) is 5.73 Å². The first kappa shape index (κ1) is 15.2. The topological polar surface area (TPSA) is 58.9 Å². The molecule has 1 atom stereocenters. The van der Waals surface area contributed by atoms with Gasteiger partial charge in [-0.3, -0.25) is 4.79 Å². The number of hydrogen-bond acceptors (Lipinski definition) is 1. The number of aromatic amines is 1. The Labute approximate surface area is 146 Å². The summed E-state index contributed by atoms with van der Waals surface area (Å²) in [7, 11) is 0. The molecule has 3 heteroatoms. The molecule has 0 aliphatic heterocycles. The minimum Gasteiger partial charge on any atom is -0.369 e. The standard InChI is InChI=1S/C22H18N2O/c23-22(25)21(19-11-8-17-12-13-24-20(17)14-19)18-9-6-16(7-10-18)15-4-2-1-3-5-15/h1-14,21,24H,(H2,23,25). The second kappa shape index (κ2) is 6.29. The lowest BCUT2D eigenvalue weighted by Crippen LogP contribution is -2.22. The minimum absolute atomic E-state index is 0.349. The van der Waals surface area contributed by atoms with Crippen LogP contribution in [0.4, 0.5) is 0 Å². The number of benzene rings is 3. The molecule has 1 aromatic heterocycles. The summed E-state index contributed by atoms with van der Waals surface area (Å²) < 4.78 is 0. The Kier molecular flexibility index (Phi) is 3.82. The van der Waals surface area contributed by atoms with Gasteiger partial charge >= 0.3 is 0 Å². The van der Waals surface area contributed by atoms with Crippen molar-refractivity contribution in [2.75, 3.05) is 0 Å². The maximum absolute atomic E-state index is 12.1. The average Bonchev–Trinajstić information content (AvgIpc) is 3.11. The van der Waals surface area contributed by atoms with E-state index in [1.807, 2.05) is 72.9 Å². The van der Waals surface area contributed by atoms with Gasteiger partial charge < -0.3 is 10.7 Å². The van der Waals surface area contributed by atoms with Gasteiger partial charge in [-0.15, -0.1) is 0 Å². The first-order chi connectivity index (χ1) is 12.2. The van der Waals surface area contributed by atoms with Gasteiger partial charge in [-0.2, -0.15) is 0 Å². The van der Waals surface area contributed by atoms with Crippen LogP contribution in [0.2, 0.25) is 0 Å². The molecule has 4 rings (SSSR count). The van der Waals surface area contributed by atoms with Gasteiger partial charge in [0.1, 0.15) is 0 Å². The highest BCUT2D eigenvalue weighted by atomic mass is 16.1. The molecule has 0 spiro atoms. The van der Waals surface area contributed by atoms with Gasteiger partial charge in [-0.05, 0) is 39.8 Å². The van der Waals surface area contributed by atoms with Crippen LogP contribution >= 0.6 is 0 Å². The summed E-state index contributed by atoms with van der Waals surface area (Å²) >= 11 is 0. The van der Waals surface area contributed by atoms with Crippen LogP contribution in [0.5, 0.6) is 0 Å². The summed E-state index contributed by atoms with van der Waals surface area (Å²) in [5, 5.41) is 1.12. The van der Waals surface area contributed by atoms with Crippen molar-refractivity contribution in [3.63, 3.8) is 0 Å². The molecule has 0 aliphatic carbocycles. The Morgan fingerprint density at radius 3 is 2.20 bits per heavy atom. The van der Waals surface area contributed by atoms with Crippen LogP contribution in [0.15, 0.2) is 85.1 Å². The lowest BCUT2D eigenvalue weighted by Gasteiger charge is -2.15. The molecule has 0 saturated carbocycles. The van der Waals surface area contributed by atoms with E-state index in [1.54, 1.807) is 0 Å². The lowest BCUT2D eigenvalue weighted by molar-refractivity contribution is -0.118. The van der Waals surface area contributed by atoms with Crippen LogP contribution in [-0.4, -0.2) is 10.9 Å². The number of nitrogens with one attached hydrogen (secondary N) is 1. The maximum Gasteiger partial charge on any atom is 0.229 e. The summed E-state index contributed by atoms with van der Waals surface area (Å²) in [6.45, 7) is 0. The van der Waals surface area contributed by atoms with Crippen molar-refractivity contribution in [1.82, 2.24) is 4.98 Å². The molecule has 0 radical (unpaired) electrons. The Morgan fingerprint density at radius 1 is 0.800 bits per heavy atom. The number of fused-ring (bicyclic) bond motifs is 1. The number of H-pyrrole nitrogens is 1. The van der Waals surface area contributed by atoms with E-state index >= 15 is 0 Å². The molecule has 1 unspecified atom stereocenters. The predicted molar refractivity (Wildman–Crippen MR) is 101 cm³/mol. The molecule has 1 amide bonds. The molecule has 0 fully saturated rings. The molecule has 0 aliphatic rings. The van der Waals surface area contributed by atoms with Gasteiger partial charge in [0, 0.05) is 11.7 Å². The fourth-order valence-corrected chi connectivity index (χ4v) is 3.26. The van der Waals surface area contributed by atoms with Crippen LogP contribution in [0.25, 0.3) is 22.0 Å². The van der Waals surface area contributed by atoms with E-state index in [0.717, 1.165) is 33.2 Å². The van der Waals surface area contributed by atoms with Gasteiger partial charge in [0.2, 0.25) is 5.91 Å². The molecule has 0 saturated heterocycles. The number of carbonyl (C=O) groups excluding carboxylic acids is 1. The molecule has 122 valence electrons. The van der Waals surface area contributed by atoms with Crippen LogP contribution in [-0.2, 0) is 4.79 Å². The first-order valence-electron chi connectivity index (χ1n) is 8.24. The highest BCUT2D eigenvalue weighted by molar-refractivity contribution is 5.88. The SMILES string of the molecule is NC(=O)C(c1ccc(-c2ccccc2)cc1)c1ccc2cc[nH]c2c1. The second-order valence-corrected chi connectivity index (χ2v) is 6.15. The molecule has 4 aromatic rings. The summed E-state index contributed by atoms with van der Waals surface area (Å²) in [5.41, 5.74) is 10.8. The highest BCUT2D eigenvalue weighted by Crippen LogP contribution is 2.29. The van der Waals surface area contributed by atoms with E-state index in [2.05, 4.69) is 17.1 Å². The largest absolute Gasteiger partial charge is 0.369 e. The minimum atomic E-state index is -0.461. The molecule has 3 nitrogen and oxygen atoms in total. The summed E-state index contributed by atoms with van der Waals surface area (Å²) in [6.07, 6.45) is 1.89. The first-order valence-corrected chi connectivity index (χ1v) is 8.24. The van der Waals surface area contributed by atoms with Crippen LogP contribution in [0.3, 0.4) is 0 Å². The van der Waals surface area contributed by atoms with E-state index in [-0.39, 0.29) is 5.91 Å². The number of primary amides is 1. The van der Waals surface area contributed by atoms with Crippen LogP contribution in [0, 0.1) is 0 Å². The Hall–Kier alpha value is -3.33. The zero-order valence-electron chi connectivity index (χ0n) is 13.6. The lowest BCUT2D eigenvalue weighted by atomic mass is 9.89. The van der Waals surface area contributed by atoms with Crippen molar-refractivity contribution in [3.8, 4) is 11.1 Å². The van der Waals surface area contributed by atoms with Crippen molar-refractivity contribution in [2.24, 2.45) is 5.73 Å². The van der Waals surface area contributed by atoms with E-state index in [1.165, 1.54) is 0 Å². The summed E-state index contributed by atoms with van der Waals surface area (Å²) in [6, 6.07) is 26.2. The van der Waals surface area contributed by atoms with Crippen molar-refractivity contribution in [1.29, 1.82) is 0 Å². The molecule has 3 aromatic carbocycles. The number of nitrogens with two attached hydrogens (primary N) is 1. The third-order valence-corrected chi connectivity index (χ3v) is 4.55. The number of amides is 1. The fourth-order valence-electron chi connectivity index (χ4n) is 3.26. The maximum atomic E-state index is 12.1. The quantitative estimate of drug-likeness (QED) is 0.572. The highest BCUT2D eigenvalue weighted by Gasteiger charge is 2.20. The molecular weight excluding hydrogens is 308 g/mol. The van der Waals surface area contributed by atoms with Crippen molar-refractivity contribution >= 4 is 16.8 Å². The number of rotatable bonds is 4. The predicted octanol–water partition coefficient (Wildman–Crippen LogP) is 4.45. The van der Waals surface area contributed by atoms with Gasteiger partial charge in [0.15, 0.2) is 0 Å². The molecular formula is C22H18N2O. The number of hydrogen-bond donors (Lipinski definition) is 2. The molecule has 0 bridgehead atoms. The third-order valence-electron chi connectivity index (χ3n) is 4.55. The Balaban J connectivity index is 1.72. The zero-order valence-corrected chi connectivity index (χ0v) is 13.6. The Bertz CT molecular complexity index is 1020. The monoisotopic (exact) mass is 326 g/mol. The van der Waals surface area contributed by atoms with Crippen molar-refractivity contribution < 1.29 is 4.79 Å². The smallest absolute Gasteiger partial charge is 0.229 e. The second-order valence-electron chi connectivity index (χ2n) is 6.15. The number of aromatic nitrogens is 1. The van der Waals surface area contributed by atoms with Gasteiger partial charge in [-0.1, -0.05) is 66.7 Å². The summed E-state index contributed by atoms with van der Waals surface area (Å²) in [4.78, 5) is 15.3. The molecule has 1 heterocycles. The fraction of sp³-hybridized carbons (Fsp3) is 0.0455. The van der Waals surface area contributed by atoms with Crippen molar-refractivity contribution in [2.45, 2.75) is 5.92 Å². The van der Waals surface area contributed by atoms with Gasteiger partial charge in [-0.25, -0.2) is 0 Å². The normalized spacial score (nSPS) is 12.2.